The van der Waals surface area contributed by atoms with Gasteiger partial charge in [-0.3, -0.25) is 0 Å². The largest absolute Gasteiger partial charge is 0.463 e. The van der Waals surface area contributed by atoms with Crippen molar-refractivity contribution >= 4 is 17.6 Å². The molecule has 0 aliphatic heterocycles. The predicted molar refractivity (Wildman–Crippen MR) is 85.3 cm³/mol. The minimum absolute atomic E-state index is 0.161. The van der Waals surface area contributed by atoms with Gasteiger partial charge < -0.3 is 10.1 Å². The molecule has 0 saturated carbocycles. The molecule has 0 saturated heterocycles. The molecule has 1 aliphatic rings. The molecular formula is C17H22ClNO2. The lowest BCUT2D eigenvalue weighted by molar-refractivity contribution is -0.138. The van der Waals surface area contributed by atoms with E-state index in [0.29, 0.717) is 6.61 Å². The van der Waals surface area contributed by atoms with Crippen molar-refractivity contribution < 1.29 is 9.53 Å². The molecule has 0 bridgehead atoms. The fourth-order valence-corrected chi connectivity index (χ4v) is 2.68. The van der Waals surface area contributed by atoms with Crippen LogP contribution in [0.15, 0.2) is 35.5 Å². The molecule has 3 nitrogen and oxygen atoms in total. The average Bonchev–Trinajstić information content (AvgIpc) is 2.50. The van der Waals surface area contributed by atoms with Gasteiger partial charge in [0.2, 0.25) is 0 Å². The Morgan fingerprint density at radius 3 is 2.67 bits per heavy atom. The molecule has 0 radical (unpaired) electrons. The predicted octanol–water partition coefficient (Wildman–Crippen LogP) is 3.86. The van der Waals surface area contributed by atoms with Gasteiger partial charge >= 0.3 is 5.97 Å². The molecule has 4 heteroatoms. The summed E-state index contributed by atoms with van der Waals surface area (Å²) < 4.78 is 5.14. The van der Waals surface area contributed by atoms with Gasteiger partial charge in [-0.15, -0.1) is 0 Å². The van der Waals surface area contributed by atoms with Crippen LogP contribution in [0.2, 0.25) is 5.02 Å². The zero-order valence-electron chi connectivity index (χ0n) is 12.5. The van der Waals surface area contributed by atoms with Crippen molar-refractivity contribution in [3.8, 4) is 0 Å². The summed E-state index contributed by atoms with van der Waals surface area (Å²) >= 11 is 5.88. The highest BCUT2D eigenvalue weighted by Gasteiger charge is 2.19. The van der Waals surface area contributed by atoms with Crippen molar-refractivity contribution in [2.45, 2.75) is 39.0 Å². The van der Waals surface area contributed by atoms with Crippen LogP contribution in [0.25, 0.3) is 0 Å². The van der Waals surface area contributed by atoms with Crippen LogP contribution < -0.4 is 5.32 Å². The molecule has 0 aromatic heterocycles. The number of halogens is 1. The first-order valence-corrected chi connectivity index (χ1v) is 7.96. The van der Waals surface area contributed by atoms with Crippen LogP contribution in [0.3, 0.4) is 0 Å². The summed E-state index contributed by atoms with van der Waals surface area (Å²) in [5.74, 6) is -0.161. The topological polar surface area (TPSA) is 38.3 Å². The Labute approximate surface area is 131 Å². The number of benzene rings is 1. The Bertz CT molecular complexity index is 508. The van der Waals surface area contributed by atoms with Gasteiger partial charge in [0.1, 0.15) is 0 Å². The zero-order valence-corrected chi connectivity index (χ0v) is 13.2. The smallest absolute Gasteiger partial charge is 0.335 e. The van der Waals surface area contributed by atoms with Crippen LogP contribution >= 0.6 is 11.6 Å². The Kier molecular flexibility index (Phi) is 6.12. The fourth-order valence-electron chi connectivity index (χ4n) is 2.55. The normalized spacial score (nSPS) is 15.0. The summed E-state index contributed by atoms with van der Waals surface area (Å²) in [6, 6.07) is 7.87. The van der Waals surface area contributed by atoms with Gasteiger partial charge in [-0.2, -0.15) is 0 Å². The fraction of sp³-hybridized carbons (Fsp3) is 0.471. The average molecular weight is 308 g/mol. The molecule has 1 N–H and O–H groups in total. The number of rotatable bonds is 6. The molecule has 0 unspecified atom stereocenters. The SMILES string of the molecule is CCOC(=O)C1=C(NCCc2ccc(Cl)cc2)CCCC1. The molecule has 0 amide bonds. The number of hydrogen-bond donors (Lipinski definition) is 1. The zero-order chi connectivity index (χ0) is 15.1. The van der Waals surface area contributed by atoms with E-state index in [1.807, 2.05) is 31.2 Å². The van der Waals surface area contributed by atoms with Crippen molar-refractivity contribution in [1.29, 1.82) is 0 Å². The Balaban J connectivity index is 1.92. The van der Waals surface area contributed by atoms with Crippen molar-refractivity contribution in [1.82, 2.24) is 5.32 Å². The van der Waals surface area contributed by atoms with Crippen molar-refractivity contribution in [3.63, 3.8) is 0 Å². The molecule has 1 aliphatic carbocycles. The lowest BCUT2D eigenvalue weighted by atomic mass is 9.96. The Morgan fingerprint density at radius 2 is 1.95 bits per heavy atom. The lowest BCUT2D eigenvalue weighted by Crippen LogP contribution is -2.24. The van der Waals surface area contributed by atoms with Gasteiger partial charge in [0, 0.05) is 17.3 Å². The maximum Gasteiger partial charge on any atom is 0.335 e. The van der Waals surface area contributed by atoms with E-state index in [1.165, 1.54) is 5.56 Å². The van der Waals surface area contributed by atoms with Gasteiger partial charge in [0.15, 0.2) is 0 Å². The van der Waals surface area contributed by atoms with E-state index in [-0.39, 0.29) is 5.97 Å². The van der Waals surface area contributed by atoms with E-state index in [2.05, 4.69) is 5.32 Å². The third-order valence-electron chi connectivity index (χ3n) is 3.65. The summed E-state index contributed by atoms with van der Waals surface area (Å²) in [5, 5.41) is 4.18. The molecule has 0 heterocycles. The number of allylic oxidation sites excluding steroid dienone is 1. The van der Waals surface area contributed by atoms with E-state index in [1.54, 1.807) is 0 Å². The number of nitrogens with one attached hydrogen (secondary N) is 1. The summed E-state index contributed by atoms with van der Waals surface area (Å²) in [6.45, 7) is 3.09. The number of carbonyl (C=O) groups excluding carboxylic acids is 1. The first kappa shape index (κ1) is 15.9. The van der Waals surface area contributed by atoms with Crippen LogP contribution in [0.4, 0.5) is 0 Å². The molecule has 21 heavy (non-hydrogen) atoms. The second-order valence-corrected chi connectivity index (χ2v) is 5.62. The summed E-state index contributed by atoms with van der Waals surface area (Å²) in [7, 11) is 0. The Morgan fingerprint density at radius 1 is 1.24 bits per heavy atom. The molecule has 114 valence electrons. The van der Waals surface area contributed by atoms with Gasteiger partial charge in [0.05, 0.1) is 12.2 Å². The van der Waals surface area contributed by atoms with Gasteiger partial charge in [-0.1, -0.05) is 23.7 Å². The maximum atomic E-state index is 11.9. The number of ether oxygens (including phenoxy) is 1. The number of carbonyl (C=O) groups is 1. The highest BCUT2D eigenvalue weighted by Crippen LogP contribution is 2.24. The van der Waals surface area contributed by atoms with Crippen molar-refractivity contribution in [2.75, 3.05) is 13.2 Å². The van der Waals surface area contributed by atoms with Crippen LogP contribution in [0, 0.1) is 0 Å². The van der Waals surface area contributed by atoms with Crippen LogP contribution in [0.5, 0.6) is 0 Å². The number of esters is 1. The first-order chi connectivity index (χ1) is 10.2. The van der Waals surface area contributed by atoms with Crippen molar-refractivity contribution in [3.05, 3.63) is 46.1 Å². The molecule has 0 atom stereocenters. The second kappa shape index (κ2) is 8.08. The highest BCUT2D eigenvalue weighted by atomic mass is 35.5. The van der Waals surface area contributed by atoms with E-state index in [0.717, 1.165) is 54.9 Å². The first-order valence-electron chi connectivity index (χ1n) is 7.58. The summed E-state index contributed by atoms with van der Waals surface area (Å²) in [6.07, 6.45) is 4.87. The van der Waals surface area contributed by atoms with E-state index < -0.39 is 0 Å². The van der Waals surface area contributed by atoms with Crippen LogP contribution in [0.1, 0.15) is 38.2 Å². The van der Waals surface area contributed by atoms with E-state index in [4.69, 9.17) is 16.3 Å². The molecular weight excluding hydrogens is 286 g/mol. The minimum atomic E-state index is -0.161. The summed E-state index contributed by atoms with van der Waals surface area (Å²) in [4.78, 5) is 11.9. The molecule has 0 fully saturated rings. The van der Waals surface area contributed by atoms with E-state index >= 15 is 0 Å². The standard InChI is InChI=1S/C17H22ClNO2/c1-2-21-17(20)15-5-3-4-6-16(15)19-12-11-13-7-9-14(18)10-8-13/h7-10,19H,2-6,11-12H2,1H3. The third-order valence-corrected chi connectivity index (χ3v) is 3.91. The monoisotopic (exact) mass is 307 g/mol. The van der Waals surface area contributed by atoms with Gasteiger partial charge in [-0.25, -0.2) is 4.79 Å². The van der Waals surface area contributed by atoms with Gasteiger partial charge in [0.25, 0.3) is 0 Å². The second-order valence-electron chi connectivity index (χ2n) is 5.19. The quantitative estimate of drug-likeness (QED) is 0.811. The molecule has 1 aromatic carbocycles. The van der Waals surface area contributed by atoms with Crippen molar-refractivity contribution in [2.24, 2.45) is 0 Å². The Hall–Kier alpha value is -1.48. The van der Waals surface area contributed by atoms with Crippen LogP contribution in [-0.2, 0) is 16.0 Å². The molecule has 1 aromatic rings. The maximum absolute atomic E-state index is 11.9. The summed E-state index contributed by atoms with van der Waals surface area (Å²) in [5.41, 5.74) is 3.13. The number of hydrogen-bond acceptors (Lipinski definition) is 3. The molecule has 2 rings (SSSR count). The lowest BCUT2D eigenvalue weighted by Gasteiger charge is -2.20. The third kappa shape index (κ3) is 4.78. The molecule has 0 spiro atoms. The minimum Gasteiger partial charge on any atom is -0.463 e. The highest BCUT2D eigenvalue weighted by molar-refractivity contribution is 6.30. The van der Waals surface area contributed by atoms with Crippen LogP contribution in [-0.4, -0.2) is 19.1 Å². The van der Waals surface area contributed by atoms with Gasteiger partial charge in [-0.05, 0) is 56.7 Å². The van der Waals surface area contributed by atoms with E-state index in [9.17, 15) is 4.79 Å².